The molecule has 7 heteroatoms. The van der Waals surface area contributed by atoms with Gasteiger partial charge in [-0.15, -0.1) is 0 Å². The molecule has 158 valence electrons. The van der Waals surface area contributed by atoms with Crippen molar-refractivity contribution in [1.82, 2.24) is 19.4 Å². The molecule has 1 aromatic carbocycles. The fourth-order valence-electron chi connectivity index (χ4n) is 3.99. The topological polar surface area (TPSA) is 46.0 Å². The van der Waals surface area contributed by atoms with Crippen LogP contribution in [0.3, 0.4) is 0 Å². The molecule has 0 unspecified atom stereocenters. The molecule has 0 atom stereocenters. The molecule has 1 aliphatic rings. The van der Waals surface area contributed by atoms with E-state index in [9.17, 15) is 8.78 Å². The SMILES string of the molecule is C=C(CN1CCC(C(F)F)CC1)Nc1cc2cc(-c3cnc(C)n3C)ccc2cn1. The maximum absolute atomic E-state index is 12.8. The number of pyridine rings is 1. The summed E-state index contributed by atoms with van der Waals surface area (Å²) in [5.74, 6) is 1.23. The van der Waals surface area contributed by atoms with Gasteiger partial charge in [-0.05, 0) is 50.4 Å². The smallest absolute Gasteiger partial charge is 0.241 e. The molecule has 3 heterocycles. The number of piperidine rings is 1. The Balaban J connectivity index is 1.44. The number of likely N-dealkylation sites (tertiary alicyclic amines) is 1. The molecule has 0 radical (unpaired) electrons. The van der Waals surface area contributed by atoms with Gasteiger partial charge in [0, 0.05) is 42.4 Å². The number of imidazole rings is 1. The van der Waals surface area contributed by atoms with Gasteiger partial charge in [-0.25, -0.2) is 18.7 Å². The Morgan fingerprint density at radius 1 is 1.17 bits per heavy atom. The van der Waals surface area contributed by atoms with Crippen LogP contribution in [-0.2, 0) is 7.05 Å². The fourth-order valence-corrected chi connectivity index (χ4v) is 3.99. The molecule has 5 nitrogen and oxygen atoms in total. The predicted octanol–water partition coefficient (Wildman–Crippen LogP) is 4.85. The first kappa shape index (κ1) is 20.5. The Bertz CT molecular complexity index is 1050. The van der Waals surface area contributed by atoms with Crippen LogP contribution in [0, 0.1) is 12.8 Å². The van der Waals surface area contributed by atoms with Crippen LogP contribution in [0.5, 0.6) is 0 Å². The molecule has 0 spiro atoms. The highest BCUT2D eigenvalue weighted by atomic mass is 19.3. The number of aromatic nitrogens is 3. The number of alkyl halides is 2. The van der Waals surface area contributed by atoms with Crippen molar-refractivity contribution in [2.24, 2.45) is 13.0 Å². The van der Waals surface area contributed by atoms with Crippen molar-refractivity contribution in [3.63, 3.8) is 0 Å². The van der Waals surface area contributed by atoms with Crippen molar-refractivity contribution < 1.29 is 8.78 Å². The zero-order valence-electron chi connectivity index (χ0n) is 17.4. The minimum Gasteiger partial charge on any atom is -0.343 e. The summed E-state index contributed by atoms with van der Waals surface area (Å²) in [6.07, 6.45) is 2.59. The van der Waals surface area contributed by atoms with Crippen LogP contribution in [-0.4, -0.2) is 45.5 Å². The minimum absolute atomic E-state index is 0.470. The summed E-state index contributed by atoms with van der Waals surface area (Å²) in [5.41, 5.74) is 2.98. The van der Waals surface area contributed by atoms with E-state index in [4.69, 9.17) is 0 Å². The average molecular weight is 412 g/mol. The predicted molar refractivity (Wildman–Crippen MR) is 117 cm³/mol. The third-order valence-electron chi connectivity index (χ3n) is 5.95. The summed E-state index contributed by atoms with van der Waals surface area (Å²) in [7, 11) is 2.01. The highest BCUT2D eigenvalue weighted by molar-refractivity contribution is 5.88. The van der Waals surface area contributed by atoms with Gasteiger partial charge in [0.25, 0.3) is 0 Å². The van der Waals surface area contributed by atoms with Crippen LogP contribution in [0.25, 0.3) is 22.0 Å². The number of aryl methyl sites for hydroxylation is 1. The lowest BCUT2D eigenvalue weighted by Crippen LogP contribution is -2.37. The van der Waals surface area contributed by atoms with Crippen molar-refractivity contribution in [1.29, 1.82) is 0 Å². The summed E-state index contributed by atoms with van der Waals surface area (Å²) in [5, 5.41) is 5.41. The lowest BCUT2D eigenvalue weighted by Gasteiger charge is -2.31. The van der Waals surface area contributed by atoms with Gasteiger partial charge in [-0.1, -0.05) is 18.7 Å². The summed E-state index contributed by atoms with van der Waals surface area (Å²) < 4.78 is 27.7. The van der Waals surface area contributed by atoms with Gasteiger partial charge in [0.2, 0.25) is 6.43 Å². The van der Waals surface area contributed by atoms with E-state index in [0.29, 0.717) is 32.5 Å². The van der Waals surface area contributed by atoms with E-state index in [1.54, 1.807) is 0 Å². The van der Waals surface area contributed by atoms with E-state index in [2.05, 4.69) is 49.5 Å². The molecule has 2 aromatic heterocycles. The largest absolute Gasteiger partial charge is 0.343 e. The Kier molecular flexibility index (Phi) is 5.81. The summed E-state index contributed by atoms with van der Waals surface area (Å²) in [6, 6.07) is 8.29. The van der Waals surface area contributed by atoms with Crippen molar-refractivity contribution in [2.45, 2.75) is 26.2 Å². The summed E-state index contributed by atoms with van der Waals surface area (Å²) in [6.45, 7) is 8.07. The second kappa shape index (κ2) is 8.52. The van der Waals surface area contributed by atoms with E-state index in [-0.39, 0.29) is 0 Å². The second-order valence-electron chi connectivity index (χ2n) is 8.06. The van der Waals surface area contributed by atoms with Crippen LogP contribution in [0.4, 0.5) is 14.6 Å². The first-order valence-corrected chi connectivity index (χ1v) is 10.2. The van der Waals surface area contributed by atoms with Crippen LogP contribution in [0.15, 0.2) is 48.9 Å². The lowest BCUT2D eigenvalue weighted by atomic mass is 9.97. The van der Waals surface area contributed by atoms with Crippen LogP contribution >= 0.6 is 0 Å². The number of rotatable bonds is 6. The zero-order valence-corrected chi connectivity index (χ0v) is 17.4. The third-order valence-corrected chi connectivity index (χ3v) is 5.95. The Labute approximate surface area is 175 Å². The summed E-state index contributed by atoms with van der Waals surface area (Å²) in [4.78, 5) is 11.0. The van der Waals surface area contributed by atoms with E-state index in [0.717, 1.165) is 39.4 Å². The number of fused-ring (bicyclic) bond motifs is 1. The van der Waals surface area contributed by atoms with Crippen LogP contribution < -0.4 is 5.32 Å². The number of nitrogens with zero attached hydrogens (tertiary/aromatic N) is 4. The number of hydrogen-bond acceptors (Lipinski definition) is 4. The molecule has 30 heavy (non-hydrogen) atoms. The van der Waals surface area contributed by atoms with E-state index in [1.807, 2.05) is 32.4 Å². The molecular weight excluding hydrogens is 384 g/mol. The first-order valence-electron chi connectivity index (χ1n) is 10.2. The minimum atomic E-state index is -2.21. The van der Waals surface area contributed by atoms with Crippen molar-refractivity contribution in [3.8, 4) is 11.3 Å². The van der Waals surface area contributed by atoms with Crippen LogP contribution in [0.2, 0.25) is 0 Å². The molecule has 1 saturated heterocycles. The van der Waals surface area contributed by atoms with Gasteiger partial charge in [-0.3, -0.25) is 4.90 Å². The standard InChI is InChI=1S/C23H27F2N5/c1-15(14-30-8-6-17(7-9-30)23(24)25)28-22-11-20-10-18(4-5-19(20)12-27-22)21-13-26-16(2)29(21)3/h4-5,10-13,17,23H,1,6-9,14H2,2-3H3,(H,27,28). The normalized spacial score (nSPS) is 15.8. The molecule has 1 N–H and O–H groups in total. The molecule has 1 aliphatic heterocycles. The highest BCUT2D eigenvalue weighted by Crippen LogP contribution is 2.27. The summed E-state index contributed by atoms with van der Waals surface area (Å²) >= 11 is 0. The number of nitrogens with one attached hydrogen (secondary N) is 1. The number of benzene rings is 1. The van der Waals surface area contributed by atoms with Crippen molar-refractivity contribution in [2.75, 3.05) is 25.0 Å². The maximum atomic E-state index is 12.8. The van der Waals surface area contributed by atoms with Gasteiger partial charge in [0.1, 0.15) is 11.6 Å². The number of hydrogen-bond donors (Lipinski definition) is 1. The Morgan fingerprint density at radius 3 is 2.60 bits per heavy atom. The van der Waals surface area contributed by atoms with Gasteiger partial charge < -0.3 is 9.88 Å². The van der Waals surface area contributed by atoms with Crippen molar-refractivity contribution in [3.05, 3.63) is 54.8 Å². The lowest BCUT2D eigenvalue weighted by molar-refractivity contribution is 0.0373. The highest BCUT2D eigenvalue weighted by Gasteiger charge is 2.26. The van der Waals surface area contributed by atoms with Gasteiger partial charge >= 0.3 is 0 Å². The Hall–Kier alpha value is -2.80. The molecule has 0 aliphatic carbocycles. The van der Waals surface area contributed by atoms with E-state index >= 15 is 0 Å². The van der Waals surface area contributed by atoms with E-state index < -0.39 is 12.3 Å². The average Bonchev–Trinajstić information content (AvgIpc) is 3.06. The monoisotopic (exact) mass is 411 g/mol. The van der Waals surface area contributed by atoms with Crippen LogP contribution in [0.1, 0.15) is 18.7 Å². The van der Waals surface area contributed by atoms with E-state index in [1.165, 1.54) is 0 Å². The zero-order chi connectivity index (χ0) is 21.3. The molecule has 0 saturated carbocycles. The molecule has 0 amide bonds. The maximum Gasteiger partial charge on any atom is 0.241 e. The molecule has 3 aromatic rings. The quantitative estimate of drug-likeness (QED) is 0.630. The second-order valence-corrected chi connectivity index (χ2v) is 8.06. The molecule has 1 fully saturated rings. The number of anilines is 1. The molecule has 4 rings (SSSR count). The first-order chi connectivity index (χ1) is 14.4. The molecular formula is C23H27F2N5. The van der Waals surface area contributed by atoms with Gasteiger partial charge in [0.05, 0.1) is 11.9 Å². The van der Waals surface area contributed by atoms with Gasteiger partial charge in [-0.2, -0.15) is 0 Å². The number of halogens is 2. The molecule has 0 bridgehead atoms. The van der Waals surface area contributed by atoms with Gasteiger partial charge in [0.15, 0.2) is 0 Å². The third kappa shape index (κ3) is 4.36. The fraction of sp³-hybridized carbons (Fsp3) is 0.391. The Morgan fingerprint density at radius 2 is 1.93 bits per heavy atom. The van der Waals surface area contributed by atoms with Crippen molar-refractivity contribution >= 4 is 16.6 Å².